The van der Waals surface area contributed by atoms with Crippen molar-refractivity contribution in [3.8, 4) is 11.8 Å². The average molecular weight is 261 g/mol. The third-order valence-electron chi connectivity index (χ3n) is 2.31. The van der Waals surface area contributed by atoms with Crippen LogP contribution in [0.25, 0.3) is 0 Å². The molecule has 0 fully saturated rings. The Hall–Kier alpha value is -2.41. The predicted molar refractivity (Wildman–Crippen MR) is 71.0 cm³/mol. The van der Waals surface area contributed by atoms with Crippen LogP contribution in [0.4, 0.5) is 11.9 Å². The van der Waals surface area contributed by atoms with Gasteiger partial charge in [0.15, 0.2) is 0 Å². The molecule has 0 aliphatic carbocycles. The van der Waals surface area contributed by atoms with E-state index in [0.29, 0.717) is 11.7 Å². The zero-order valence-corrected chi connectivity index (χ0v) is 10.7. The number of nitrogens with two attached hydrogens (primary N) is 1. The van der Waals surface area contributed by atoms with E-state index >= 15 is 0 Å². The van der Waals surface area contributed by atoms with Crippen LogP contribution in [0.2, 0.25) is 0 Å². The van der Waals surface area contributed by atoms with E-state index < -0.39 is 0 Å². The lowest BCUT2D eigenvalue weighted by molar-refractivity contribution is 0.281. The van der Waals surface area contributed by atoms with Crippen LogP contribution in [0.3, 0.4) is 0 Å². The molecule has 0 spiro atoms. The van der Waals surface area contributed by atoms with Crippen LogP contribution < -0.4 is 15.4 Å². The molecule has 0 radical (unpaired) electrons. The van der Waals surface area contributed by atoms with Crippen LogP contribution in [0, 0.1) is 0 Å². The van der Waals surface area contributed by atoms with Crippen LogP contribution in [-0.4, -0.2) is 34.2 Å². The summed E-state index contributed by atoms with van der Waals surface area (Å²) < 4.78 is 5.51. The highest BCUT2D eigenvalue weighted by atomic mass is 16.5. The van der Waals surface area contributed by atoms with Gasteiger partial charge in [-0.3, -0.25) is 0 Å². The molecule has 0 saturated heterocycles. The number of benzene rings is 1. The smallest absolute Gasteiger partial charge is 0.328 e. The maximum absolute atomic E-state index is 9.07. The fourth-order valence-electron chi connectivity index (χ4n) is 1.42. The summed E-state index contributed by atoms with van der Waals surface area (Å²) in [6.45, 7) is -0.0561. The molecule has 1 aromatic carbocycles. The summed E-state index contributed by atoms with van der Waals surface area (Å²) >= 11 is 0. The molecule has 0 unspecified atom stereocenters. The van der Waals surface area contributed by atoms with Crippen LogP contribution in [0.15, 0.2) is 24.3 Å². The van der Waals surface area contributed by atoms with Gasteiger partial charge in [0, 0.05) is 14.1 Å². The molecule has 7 nitrogen and oxygen atoms in total. The van der Waals surface area contributed by atoms with Gasteiger partial charge in [0.25, 0.3) is 0 Å². The number of aromatic nitrogens is 3. The largest absolute Gasteiger partial charge is 0.424 e. The number of hydrogen-bond acceptors (Lipinski definition) is 7. The lowest BCUT2D eigenvalue weighted by atomic mass is 10.2. The second kappa shape index (κ2) is 5.49. The molecule has 0 amide bonds. The minimum atomic E-state index is -0.0561. The summed E-state index contributed by atoms with van der Waals surface area (Å²) in [5.74, 6) is 1.04. The first kappa shape index (κ1) is 13.0. The van der Waals surface area contributed by atoms with Gasteiger partial charge in [0.05, 0.1) is 6.61 Å². The van der Waals surface area contributed by atoms with Gasteiger partial charge in [-0.1, -0.05) is 12.1 Å². The average Bonchev–Trinajstić information content (AvgIpc) is 2.38. The first-order valence-electron chi connectivity index (χ1n) is 5.65. The Morgan fingerprint density at radius 3 is 2.74 bits per heavy atom. The monoisotopic (exact) mass is 261 g/mol. The van der Waals surface area contributed by atoms with E-state index in [9.17, 15) is 0 Å². The summed E-state index contributed by atoms with van der Waals surface area (Å²) in [6, 6.07) is 7.13. The molecule has 7 heteroatoms. The molecule has 0 aliphatic rings. The highest BCUT2D eigenvalue weighted by Gasteiger charge is 2.08. The second-order valence-corrected chi connectivity index (χ2v) is 4.08. The summed E-state index contributed by atoms with van der Waals surface area (Å²) in [6.07, 6.45) is 0. The van der Waals surface area contributed by atoms with Gasteiger partial charge in [0.2, 0.25) is 11.9 Å². The lowest BCUT2D eigenvalue weighted by Gasteiger charge is -2.11. The summed E-state index contributed by atoms with van der Waals surface area (Å²) in [5, 5.41) is 9.07. The topological polar surface area (TPSA) is 97.4 Å². The van der Waals surface area contributed by atoms with E-state index in [1.165, 1.54) is 0 Å². The normalized spacial score (nSPS) is 10.3. The first-order chi connectivity index (χ1) is 9.08. The molecule has 100 valence electrons. The molecule has 1 heterocycles. The zero-order chi connectivity index (χ0) is 13.8. The lowest BCUT2D eigenvalue weighted by Crippen LogP contribution is -2.15. The van der Waals surface area contributed by atoms with E-state index in [1.807, 2.05) is 0 Å². The number of aliphatic hydroxyl groups is 1. The molecule has 2 aromatic rings. The summed E-state index contributed by atoms with van der Waals surface area (Å²) in [4.78, 5) is 13.7. The van der Waals surface area contributed by atoms with Gasteiger partial charge in [-0.2, -0.15) is 15.0 Å². The maximum Gasteiger partial charge on any atom is 0.328 e. The molecule has 1 aromatic heterocycles. The van der Waals surface area contributed by atoms with E-state index in [0.717, 1.165) is 5.56 Å². The van der Waals surface area contributed by atoms with Crippen molar-refractivity contribution in [2.45, 2.75) is 6.61 Å². The number of nitrogens with zero attached hydrogens (tertiary/aromatic N) is 4. The van der Waals surface area contributed by atoms with E-state index in [4.69, 9.17) is 15.6 Å². The SMILES string of the molecule is CN(C)c1nc(N)nc(Oc2cccc(CO)c2)n1. The molecule has 3 N–H and O–H groups in total. The number of anilines is 2. The van der Waals surface area contributed by atoms with Gasteiger partial charge in [-0.05, 0) is 17.7 Å². The van der Waals surface area contributed by atoms with E-state index in [2.05, 4.69) is 15.0 Å². The van der Waals surface area contributed by atoms with Crippen molar-refractivity contribution in [2.24, 2.45) is 0 Å². The minimum Gasteiger partial charge on any atom is -0.424 e. The number of ether oxygens (including phenoxy) is 1. The van der Waals surface area contributed by atoms with E-state index in [-0.39, 0.29) is 18.6 Å². The van der Waals surface area contributed by atoms with Gasteiger partial charge in [-0.15, -0.1) is 0 Å². The van der Waals surface area contributed by atoms with Crippen molar-refractivity contribution < 1.29 is 9.84 Å². The Morgan fingerprint density at radius 2 is 2.05 bits per heavy atom. The van der Waals surface area contributed by atoms with Crippen LogP contribution in [0.1, 0.15) is 5.56 Å². The Kier molecular flexibility index (Phi) is 3.76. The number of hydrogen-bond donors (Lipinski definition) is 2. The second-order valence-electron chi connectivity index (χ2n) is 4.08. The van der Waals surface area contributed by atoms with Gasteiger partial charge in [-0.25, -0.2) is 0 Å². The van der Waals surface area contributed by atoms with Crippen molar-refractivity contribution in [2.75, 3.05) is 24.7 Å². The van der Waals surface area contributed by atoms with Crippen LogP contribution in [-0.2, 0) is 6.61 Å². The summed E-state index contributed by atoms with van der Waals surface area (Å²) in [5.41, 5.74) is 6.34. The van der Waals surface area contributed by atoms with Crippen LogP contribution in [0.5, 0.6) is 11.8 Å². The molecule has 0 saturated carbocycles. The fourth-order valence-corrected chi connectivity index (χ4v) is 1.42. The predicted octanol–water partition coefficient (Wildman–Crippen LogP) is 0.804. The third kappa shape index (κ3) is 3.29. The molecular formula is C12H15N5O2. The standard InChI is InChI=1S/C12H15N5O2/c1-17(2)11-14-10(13)15-12(16-11)19-9-5-3-4-8(6-9)7-18/h3-6,18H,7H2,1-2H3,(H2,13,14,15,16). The molecule has 0 atom stereocenters. The van der Waals surface area contributed by atoms with Gasteiger partial charge in [0.1, 0.15) is 5.75 Å². The Balaban J connectivity index is 2.27. The van der Waals surface area contributed by atoms with Crippen molar-refractivity contribution in [1.82, 2.24) is 15.0 Å². The molecule has 0 aliphatic heterocycles. The van der Waals surface area contributed by atoms with Crippen LogP contribution >= 0.6 is 0 Å². The number of rotatable bonds is 4. The highest BCUT2D eigenvalue weighted by Crippen LogP contribution is 2.20. The summed E-state index contributed by atoms with van der Waals surface area (Å²) in [7, 11) is 3.59. The molecule has 19 heavy (non-hydrogen) atoms. The molecule has 2 rings (SSSR count). The maximum atomic E-state index is 9.07. The Labute approximate surface area is 110 Å². The Morgan fingerprint density at radius 1 is 1.26 bits per heavy atom. The number of nitrogen functional groups attached to an aromatic ring is 1. The van der Waals surface area contributed by atoms with Crippen molar-refractivity contribution in [3.63, 3.8) is 0 Å². The first-order valence-corrected chi connectivity index (χ1v) is 5.65. The van der Waals surface area contributed by atoms with E-state index in [1.54, 1.807) is 43.3 Å². The van der Waals surface area contributed by atoms with Gasteiger partial charge < -0.3 is 20.5 Å². The molecule has 0 bridgehead atoms. The quantitative estimate of drug-likeness (QED) is 0.840. The van der Waals surface area contributed by atoms with Gasteiger partial charge >= 0.3 is 6.01 Å². The Bertz CT molecular complexity index is 574. The third-order valence-corrected chi connectivity index (χ3v) is 2.31. The van der Waals surface area contributed by atoms with Crippen molar-refractivity contribution >= 4 is 11.9 Å². The van der Waals surface area contributed by atoms with Crippen molar-refractivity contribution in [1.29, 1.82) is 0 Å². The number of aliphatic hydroxyl groups excluding tert-OH is 1. The minimum absolute atomic E-state index is 0.0561. The fraction of sp³-hybridized carbons (Fsp3) is 0.250. The van der Waals surface area contributed by atoms with Crippen molar-refractivity contribution in [3.05, 3.63) is 29.8 Å². The highest BCUT2D eigenvalue weighted by molar-refractivity contribution is 5.36. The zero-order valence-electron chi connectivity index (χ0n) is 10.7. The molecular weight excluding hydrogens is 246 g/mol.